The molecule has 168 valence electrons. The van der Waals surface area contributed by atoms with Gasteiger partial charge in [0.05, 0.1) is 17.7 Å². The fourth-order valence-electron chi connectivity index (χ4n) is 5.51. The lowest BCUT2D eigenvalue weighted by atomic mass is 9.88. The molecule has 0 unspecified atom stereocenters. The van der Waals surface area contributed by atoms with E-state index < -0.39 is 25.9 Å². The Labute approximate surface area is 185 Å². The van der Waals surface area contributed by atoms with Crippen LogP contribution in [0.5, 0.6) is 0 Å². The van der Waals surface area contributed by atoms with E-state index in [9.17, 15) is 13.6 Å². The molecule has 6 heteroatoms. The van der Waals surface area contributed by atoms with Gasteiger partial charge in [0, 0.05) is 17.3 Å². The number of carbonyl (C=O) groups excluding carboxylic acids is 1. The lowest BCUT2D eigenvalue weighted by molar-refractivity contribution is 0.0954. The zero-order valence-electron chi connectivity index (χ0n) is 19.3. The largest absolute Gasteiger partial charge is 0.408 e. The molecule has 0 N–H and O–H groups in total. The van der Waals surface area contributed by atoms with Gasteiger partial charge in [0.1, 0.15) is 0 Å². The van der Waals surface area contributed by atoms with Crippen molar-refractivity contribution in [2.24, 2.45) is 0 Å². The highest BCUT2D eigenvalue weighted by atomic mass is 28.4. The van der Waals surface area contributed by atoms with Crippen molar-refractivity contribution < 1.29 is 18.0 Å². The van der Waals surface area contributed by atoms with E-state index in [-0.39, 0.29) is 17.5 Å². The molecule has 0 spiro atoms. The van der Waals surface area contributed by atoms with Gasteiger partial charge in [-0.05, 0) is 47.7 Å². The Morgan fingerprint density at radius 1 is 0.968 bits per heavy atom. The SMILES string of the molecule is CC(C)[Si](O[C@H]1CC[C@@H](c2cccc(F)c2F)C(=O)c2cccnc21)(C(C)C)C(C)C. The number of carbonyl (C=O) groups is 1. The number of ketones is 1. The number of fused-ring (bicyclic) bond motifs is 1. The molecule has 1 aliphatic rings. The Morgan fingerprint density at radius 3 is 2.23 bits per heavy atom. The third kappa shape index (κ3) is 4.24. The van der Waals surface area contributed by atoms with Crippen LogP contribution in [0.4, 0.5) is 8.78 Å². The van der Waals surface area contributed by atoms with Gasteiger partial charge in [-0.3, -0.25) is 9.78 Å². The van der Waals surface area contributed by atoms with E-state index in [1.165, 1.54) is 12.1 Å². The number of Topliss-reactive ketones (excluding diaryl/α,β-unsaturated/α-hetero) is 1. The first-order chi connectivity index (χ1) is 14.6. The molecular formula is C25H33F2NO2Si. The second-order valence-electron chi connectivity index (χ2n) is 9.50. The van der Waals surface area contributed by atoms with Crippen LogP contribution >= 0.6 is 0 Å². The molecule has 3 nitrogen and oxygen atoms in total. The molecule has 3 rings (SSSR count). The van der Waals surface area contributed by atoms with Crippen LogP contribution < -0.4 is 0 Å². The van der Waals surface area contributed by atoms with E-state index in [4.69, 9.17) is 4.43 Å². The first-order valence-electron chi connectivity index (χ1n) is 11.2. The third-order valence-corrected chi connectivity index (χ3v) is 13.0. The van der Waals surface area contributed by atoms with Gasteiger partial charge in [0.2, 0.25) is 8.32 Å². The van der Waals surface area contributed by atoms with Crippen LogP contribution in [0.1, 0.15) is 88.0 Å². The molecule has 1 aliphatic carbocycles. The topological polar surface area (TPSA) is 39.2 Å². The van der Waals surface area contributed by atoms with Crippen molar-refractivity contribution in [1.82, 2.24) is 4.98 Å². The van der Waals surface area contributed by atoms with E-state index in [1.54, 1.807) is 18.3 Å². The van der Waals surface area contributed by atoms with Gasteiger partial charge in [-0.2, -0.15) is 0 Å². The summed E-state index contributed by atoms with van der Waals surface area (Å²) in [5.41, 5.74) is 2.35. The Hall–Kier alpha value is -1.92. The quantitative estimate of drug-likeness (QED) is 0.344. The predicted molar refractivity (Wildman–Crippen MR) is 122 cm³/mol. The first-order valence-corrected chi connectivity index (χ1v) is 13.4. The summed E-state index contributed by atoms with van der Waals surface area (Å²) in [5.74, 6) is -2.84. The molecule has 0 amide bonds. The van der Waals surface area contributed by atoms with Crippen LogP contribution in [-0.4, -0.2) is 19.1 Å². The maximum absolute atomic E-state index is 14.6. The second-order valence-corrected chi connectivity index (χ2v) is 14.9. The molecule has 0 saturated heterocycles. The summed E-state index contributed by atoms with van der Waals surface area (Å²) >= 11 is 0. The van der Waals surface area contributed by atoms with Gasteiger partial charge in [-0.25, -0.2) is 8.78 Å². The molecule has 2 aromatic rings. The Balaban J connectivity index is 2.07. The van der Waals surface area contributed by atoms with Gasteiger partial charge in [-0.15, -0.1) is 0 Å². The lowest BCUT2D eigenvalue weighted by Crippen LogP contribution is -2.48. The molecule has 1 heterocycles. The number of nitrogens with zero attached hydrogens (tertiary/aromatic N) is 1. The number of aromatic nitrogens is 1. The van der Waals surface area contributed by atoms with Crippen molar-refractivity contribution >= 4 is 14.1 Å². The number of pyridine rings is 1. The van der Waals surface area contributed by atoms with Crippen LogP contribution in [0.2, 0.25) is 16.6 Å². The maximum atomic E-state index is 14.6. The number of hydrogen-bond donors (Lipinski definition) is 0. The van der Waals surface area contributed by atoms with Crippen molar-refractivity contribution in [2.45, 2.75) is 83.0 Å². The van der Waals surface area contributed by atoms with Gasteiger partial charge >= 0.3 is 0 Å². The monoisotopic (exact) mass is 445 g/mol. The molecule has 31 heavy (non-hydrogen) atoms. The van der Waals surface area contributed by atoms with E-state index in [0.717, 1.165) is 6.07 Å². The minimum atomic E-state index is -2.23. The normalized spacial score (nSPS) is 19.8. The van der Waals surface area contributed by atoms with Crippen LogP contribution in [0.15, 0.2) is 36.5 Å². The molecule has 1 aromatic heterocycles. The number of hydrogen-bond acceptors (Lipinski definition) is 3. The fourth-order valence-corrected chi connectivity index (χ4v) is 11.1. The van der Waals surface area contributed by atoms with Crippen molar-refractivity contribution in [2.75, 3.05) is 0 Å². The highest BCUT2D eigenvalue weighted by Gasteiger charge is 2.48. The van der Waals surface area contributed by atoms with Crippen LogP contribution in [-0.2, 0) is 4.43 Å². The summed E-state index contributed by atoms with van der Waals surface area (Å²) in [7, 11) is -2.23. The van der Waals surface area contributed by atoms with Gasteiger partial charge in [0.25, 0.3) is 0 Å². The molecule has 0 fully saturated rings. The highest BCUT2D eigenvalue weighted by molar-refractivity contribution is 6.77. The standard InChI is InChI=1S/C25H33F2NO2Si/c1-15(2)31(16(3)4,17(5)6)30-22-13-12-19(18-9-7-11-21(26)23(18)27)25(29)20-10-8-14-28-24(20)22/h7-11,14-17,19,22H,12-13H2,1-6H3/t19-,22-/m0/s1. The summed E-state index contributed by atoms with van der Waals surface area (Å²) in [6.07, 6.45) is 2.27. The van der Waals surface area contributed by atoms with E-state index in [0.29, 0.717) is 40.7 Å². The average molecular weight is 446 g/mol. The summed E-state index contributed by atoms with van der Waals surface area (Å²) in [4.78, 5) is 18.0. The summed E-state index contributed by atoms with van der Waals surface area (Å²) in [6.45, 7) is 13.3. The highest BCUT2D eigenvalue weighted by Crippen LogP contribution is 2.47. The first kappa shape index (κ1) is 23.7. The van der Waals surface area contributed by atoms with E-state index in [2.05, 4.69) is 46.5 Å². The van der Waals surface area contributed by atoms with Crippen molar-refractivity contribution in [3.63, 3.8) is 0 Å². The minimum Gasteiger partial charge on any atom is -0.408 e. The summed E-state index contributed by atoms with van der Waals surface area (Å²) < 4.78 is 35.5. The lowest BCUT2D eigenvalue weighted by Gasteiger charge is -2.44. The maximum Gasteiger partial charge on any atom is 0.201 e. The van der Waals surface area contributed by atoms with Gasteiger partial charge in [0.15, 0.2) is 17.4 Å². The van der Waals surface area contributed by atoms with Crippen molar-refractivity contribution in [3.8, 4) is 0 Å². The predicted octanol–water partition coefficient (Wildman–Crippen LogP) is 7.35. The van der Waals surface area contributed by atoms with E-state index in [1.807, 2.05) is 0 Å². The fraction of sp³-hybridized carbons (Fsp3) is 0.520. The van der Waals surface area contributed by atoms with Crippen molar-refractivity contribution in [1.29, 1.82) is 0 Å². The molecule has 0 saturated carbocycles. The van der Waals surface area contributed by atoms with Crippen LogP contribution in [0, 0.1) is 11.6 Å². The number of benzene rings is 1. The summed E-state index contributed by atoms with van der Waals surface area (Å²) in [5, 5.41) is 0. The molecular weight excluding hydrogens is 412 g/mol. The van der Waals surface area contributed by atoms with E-state index >= 15 is 0 Å². The Morgan fingerprint density at radius 2 is 1.61 bits per heavy atom. The third-order valence-electron chi connectivity index (χ3n) is 6.85. The smallest absolute Gasteiger partial charge is 0.201 e. The number of halogens is 2. The average Bonchev–Trinajstić information content (AvgIpc) is 2.84. The van der Waals surface area contributed by atoms with Gasteiger partial charge in [-0.1, -0.05) is 53.7 Å². The molecule has 0 bridgehead atoms. The molecule has 0 aliphatic heterocycles. The minimum absolute atomic E-state index is 0.112. The summed E-state index contributed by atoms with van der Waals surface area (Å²) in [6, 6.07) is 7.50. The van der Waals surface area contributed by atoms with Crippen LogP contribution in [0.3, 0.4) is 0 Å². The van der Waals surface area contributed by atoms with Gasteiger partial charge < -0.3 is 4.43 Å². The Kier molecular flexibility index (Phi) is 7.11. The second kappa shape index (κ2) is 9.29. The zero-order valence-corrected chi connectivity index (χ0v) is 20.3. The molecule has 1 aromatic carbocycles. The number of rotatable bonds is 6. The molecule has 2 atom stereocenters. The Bertz CT molecular complexity index is 923. The molecule has 0 radical (unpaired) electrons. The van der Waals surface area contributed by atoms with Crippen LogP contribution in [0.25, 0.3) is 0 Å². The zero-order chi connectivity index (χ0) is 22.9. The van der Waals surface area contributed by atoms with Crippen molar-refractivity contribution in [3.05, 3.63) is 65.0 Å².